The van der Waals surface area contributed by atoms with Crippen LogP contribution >= 0.6 is 0 Å². The molecule has 4 aliphatic rings. The second-order valence-electron chi connectivity index (χ2n) is 20.0. The number of esters is 1. The molecule has 2 saturated heterocycles. The smallest absolute Gasteiger partial charge is 0.343 e. The number of nitrogens with one attached hydrogen (secondary N) is 1. The van der Waals surface area contributed by atoms with E-state index in [1.165, 1.54) is 11.6 Å². The molecule has 1 unspecified atom stereocenters. The molecular formula is C55H62N8O8. The van der Waals surface area contributed by atoms with Crippen molar-refractivity contribution in [1.29, 1.82) is 0 Å². The molecule has 7 heterocycles. The Balaban J connectivity index is 0.754. The Hall–Kier alpha value is -6.91. The van der Waals surface area contributed by atoms with Gasteiger partial charge in [0.15, 0.2) is 11.4 Å². The number of aromatic hydroxyl groups is 2. The number of hydrogen-bond acceptors (Lipinski definition) is 12. The highest BCUT2D eigenvalue weighted by Gasteiger charge is 2.45. The van der Waals surface area contributed by atoms with Crippen molar-refractivity contribution < 1.29 is 34.4 Å². The van der Waals surface area contributed by atoms with Gasteiger partial charge < -0.3 is 34.8 Å². The Kier molecular flexibility index (Phi) is 12.8. The molecular weight excluding hydrogens is 901 g/mol. The van der Waals surface area contributed by atoms with Crippen LogP contribution < -0.4 is 10.9 Å². The van der Waals surface area contributed by atoms with E-state index in [-0.39, 0.29) is 59.5 Å². The topological polar surface area (TPSA) is 205 Å². The van der Waals surface area contributed by atoms with Crippen LogP contribution in [0.1, 0.15) is 122 Å². The van der Waals surface area contributed by atoms with Gasteiger partial charge in [0.25, 0.3) is 11.5 Å². The zero-order chi connectivity index (χ0) is 49.9. The summed E-state index contributed by atoms with van der Waals surface area (Å²) in [6.07, 6.45) is 5.25. The van der Waals surface area contributed by atoms with Crippen molar-refractivity contribution in [2.24, 2.45) is 11.8 Å². The standard InChI is InChI=1S/C55H62N8O8/c1-6-37-39-24-34(11-14-44(39)57-48-41(37)29-62-45(48)26-43-42(53(62)68)30-71-54(69)55(43,70)7-2)23-32-15-21-61(22-16-32)52(67)35-17-19-60(20-18-35)28-33-9-12-36(13-10-33)63-49(58-59-50(63)51(66)56-8-3)40-25-38(31(4)5)46(64)27-47(40)65/h9-14,24-27,31-32,35,64-65,70H,6-8,15-23,28-30H2,1-5H3,(H,56,66). The first-order chi connectivity index (χ1) is 34.2. The minimum atomic E-state index is -1.87. The molecule has 6 aromatic rings. The minimum absolute atomic E-state index is 0.000776. The van der Waals surface area contributed by atoms with E-state index in [1.807, 2.05) is 45.0 Å². The van der Waals surface area contributed by atoms with Crippen molar-refractivity contribution in [3.8, 4) is 40.0 Å². The lowest BCUT2D eigenvalue weighted by atomic mass is 9.86. The molecule has 71 heavy (non-hydrogen) atoms. The number of likely N-dealkylation sites (tertiary alicyclic amines) is 2. The number of cyclic esters (lactones) is 1. The third kappa shape index (κ3) is 8.54. The third-order valence-corrected chi connectivity index (χ3v) is 15.4. The van der Waals surface area contributed by atoms with E-state index in [2.05, 4.69) is 50.4 Å². The monoisotopic (exact) mass is 962 g/mol. The summed E-state index contributed by atoms with van der Waals surface area (Å²) >= 11 is 0. The van der Waals surface area contributed by atoms with E-state index in [0.717, 1.165) is 98.0 Å². The first-order valence-corrected chi connectivity index (χ1v) is 25.2. The lowest BCUT2D eigenvalue weighted by Gasteiger charge is -2.37. The van der Waals surface area contributed by atoms with E-state index < -0.39 is 17.5 Å². The van der Waals surface area contributed by atoms with Crippen molar-refractivity contribution in [3.63, 3.8) is 0 Å². The van der Waals surface area contributed by atoms with Gasteiger partial charge in [-0.1, -0.05) is 45.9 Å². The minimum Gasteiger partial charge on any atom is -0.508 e. The fraction of sp³-hybridized carbons (Fsp3) is 0.436. The van der Waals surface area contributed by atoms with Crippen molar-refractivity contribution in [2.75, 3.05) is 32.7 Å². The molecule has 10 rings (SSSR count). The molecule has 1 atom stereocenters. The summed E-state index contributed by atoms with van der Waals surface area (Å²) in [6, 6.07) is 19.1. The number of phenolic OH excluding ortho intramolecular Hbond substituents is 2. The van der Waals surface area contributed by atoms with Crippen LogP contribution in [0.4, 0.5) is 0 Å². The van der Waals surface area contributed by atoms with Crippen LogP contribution in [-0.4, -0.2) is 99.9 Å². The van der Waals surface area contributed by atoms with Crippen molar-refractivity contribution >= 4 is 28.7 Å². The third-order valence-electron chi connectivity index (χ3n) is 15.4. The molecule has 4 N–H and O–H groups in total. The Morgan fingerprint density at radius 3 is 2.30 bits per heavy atom. The fourth-order valence-electron chi connectivity index (χ4n) is 11.4. The molecule has 0 bridgehead atoms. The zero-order valence-corrected chi connectivity index (χ0v) is 41.1. The quantitative estimate of drug-likeness (QED) is 0.0927. The van der Waals surface area contributed by atoms with E-state index >= 15 is 0 Å². The molecule has 0 saturated carbocycles. The predicted octanol–water partition coefficient (Wildman–Crippen LogP) is 6.87. The molecule has 0 spiro atoms. The average molecular weight is 963 g/mol. The van der Waals surface area contributed by atoms with Gasteiger partial charge in [0, 0.05) is 60.4 Å². The van der Waals surface area contributed by atoms with Crippen LogP contribution in [0.2, 0.25) is 0 Å². The number of carbonyl (C=O) groups excluding carboxylic acids is 3. The highest BCUT2D eigenvalue weighted by atomic mass is 16.6. The number of piperidine rings is 2. The molecule has 16 heteroatoms. The second-order valence-corrected chi connectivity index (χ2v) is 20.0. The molecule has 4 aliphatic heterocycles. The Bertz CT molecular complexity index is 3140. The first-order valence-electron chi connectivity index (χ1n) is 25.2. The van der Waals surface area contributed by atoms with Crippen LogP contribution in [-0.2, 0) is 52.5 Å². The maximum Gasteiger partial charge on any atom is 0.343 e. The molecule has 3 aromatic carbocycles. The number of phenols is 2. The van der Waals surface area contributed by atoms with Gasteiger partial charge in [-0.05, 0) is 135 Å². The SMILES string of the molecule is CCNC(=O)c1nnc(-c2cc(C(C)C)c(O)cc2O)n1-c1ccc(CN2CCC(C(=O)N3CCC(Cc4ccc5nc6c(c(CC)c5c4)Cn4c-6cc5c(c4=O)COC(=O)C5(O)CC)CC3)CC2)cc1. The maximum absolute atomic E-state index is 13.9. The Morgan fingerprint density at radius 2 is 1.61 bits per heavy atom. The van der Waals surface area contributed by atoms with Gasteiger partial charge in [0.2, 0.25) is 11.7 Å². The molecule has 370 valence electrons. The fourth-order valence-corrected chi connectivity index (χ4v) is 11.4. The number of carbonyl (C=O) groups is 3. The molecule has 3 aromatic heterocycles. The lowest BCUT2D eigenvalue weighted by Crippen LogP contribution is -2.45. The van der Waals surface area contributed by atoms with Gasteiger partial charge in [0.1, 0.15) is 18.1 Å². The summed E-state index contributed by atoms with van der Waals surface area (Å²) in [4.78, 5) is 63.1. The number of pyridine rings is 2. The van der Waals surface area contributed by atoms with Gasteiger partial charge in [-0.2, -0.15) is 0 Å². The van der Waals surface area contributed by atoms with Crippen LogP contribution in [0.3, 0.4) is 0 Å². The van der Waals surface area contributed by atoms with Crippen molar-refractivity contribution in [3.05, 3.63) is 116 Å². The van der Waals surface area contributed by atoms with Gasteiger partial charge >= 0.3 is 5.97 Å². The number of aryl methyl sites for hydroxylation is 1. The van der Waals surface area contributed by atoms with E-state index in [1.54, 1.807) is 28.2 Å². The van der Waals surface area contributed by atoms with Crippen LogP contribution in [0, 0.1) is 11.8 Å². The number of rotatable bonds is 12. The number of fused-ring (bicyclic) bond motifs is 5. The Morgan fingerprint density at radius 1 is 0.873 bits per heavy atom. The number of aliphatic hydroxyl groups is 1. The number of benzene rings is 3. The van der Waals surface area contributed by atoms with Crippen LogP contribution in [0.15, 0.2) is 65.5 Å². The summed E-state index contributed by atoms with van der Waals surface area (Å²) in [5.74, 6) is -0.260. The lowest BCUT2D eigenvalue weighted by molar-refractivity contribution is -0.172. The van der Waals surface area contributed by atoms with Gasteiger partial charge in [-0.3, -0.25) is 23.9 Å². The molecule has 16 nitrogen and oxygen atoms in total. The number of nitrogens with zero attached hydrogens (tertiary/aromatic N) is 7. The summed E-state index contributed by atoms with van der Waals surface area (Å²) in [5.41, 5.74) is 6.80. The molecule has 2 fully saturated rings. The first kappa shape index (κ1) is 47.8. The summed E-state index contributed by atoms with van der Waals surface area (Å²) in [5, 5.41) is 45.2. The van der Waals surface area contributed by atoms with E-state index in [4.69, 9.17) is 9.72 Å². The predicted molar refractivity (Wildman–Crippen MR) is 267 cm³/mol. The van der Waals surface area contributed by atoms with Gasteiger partial charge in [0.05, 0.1) is 34.6 Å². The number of aromatic nitrogens is 5. The largest absolute Gasteiger partial charge is 0.508 e. The molecule has 0 aliphatic carbocycles. The van der Waals surface area contributed by atoms with Crippen LogP contribution in [0.5, 0.6) is 11.5 Å². The van der Waals surface area contributed by atoms with Crippen molar-refractivity contribution in [1.82, 2.24) is 39.4 Å². The van der Waals surface area contributed by atoms with Crippen molar-refractivity contribution in [2.45, 2.75) is 111 Å². The summed E-state index contributed by atoms with van der Waals surface area (Å²) in [7, 11) is 0. The highest BCUT2D eigenvalue weighted by molar-refractivity contribution is 5.92. The average Bonchev–Trinajstić information content (AvgIpc) is 3.98. The summed E-state index contributed by atoms with van der Waals surface area (Å²) < 4.78 is 8.59. The number of hydrogen-bond donors (Lipinski definition) is 4. The molecule has 0 radical (unpaired) electrons. The summed E-state index contributed by atoms with van der Waals surface area (Å²) in [6.45, 7) is 14.0. The Labute approximate surface area is 412 Å². The van der Waals surface area contributed by atoms with E-state index in [0.29, 0.717) is 59.2 Å². The highest BCUT2D eigenvalue weighted by Crippen LogP contribution is 2.42. The second kappa shape index (κ2) is 19.0. The van der Waals surface area contributed by atoms with Gasteiger partial charge in [-0.25, -0.2) is 9.78 Å². The van der Waals surface area contributed by atoms with Crippen LogP contribution in [0.25, 0.3) is 39.4 Å². The van der Waals surface area contributed by atoms with E-state index in [9.17, 15) is 34.5 Å². The van der Waals surface area contributed by atoms with Gasteiger partial charge in [-0.15, -0.1) is 10.2 Å². The number of ether oxygens (including phenoxy) is 1. The zero-order valence-electron chi connectivity index (χ0n) is 41.1. The maximum atomic E-state index is 13.9. The normalized spacial score (nSPS) is 18.4. The number of amides is 2. The molecule has 2 amide bonds.